The molecule has 20 heavy (non-hydrogen) atoms. The largest absolute Gasteiger partial charge is 0.480 e. The van der Waals surface area contributed by atoms with Gasteiger partial charge in [0.15, 0.2) is 0 Å². The number of rotatable bonds is 7. The number of carboxylic acids is 1. The van der Waals surface area contributed by atoms with E-state index in [1.807, 2.05) is 25.1 Å². The second-order valence-corrected chi connectivity index (χ2v) is 4.56. The van der Waals surface area contributed by atoms with Crippen molar-refractivity contribution in [3.05, 3.63) is 29.8 Å². The number of carbonyl (C=O) groups is 2. The van der Waals surface area contributed by atoms with E-state index in [-0.39, 0.29) is 19.0 Å². The Balaban J connectivity index is 2.92. The number of carboxylic acid groups (broad SMARTS) is 1. The van der Waals surface area contributed by atoms with Crippen LogP contribution in [0, 0.1) is 0 Å². The molecule has 0 aliphatic rings. The number of amides is 1. The number of nitrogens with zero attached hydrogens (tertiary/aromatic N) is 2. The molecule has 1 amide bonds. The second-order valence-electron chi connectivity index (χ2n) is 4.56. The van der Waals surface area contributed by atoms with Crippen molar-refractivity contribution in [3.63, 3.8) is 0 Å². The normalized spacial score (nSPS) is 10.2. The minimum absolute atomic E-state index is 0.244. The highest BCUT2D eigenvalue weighted by Gasteiger charge is 2.18. The number of ether oxygens (including phenoxy) is 1. The van der Waals surface area contributed by atoms with Crippen molar-refractivity contribution in [2.75, 3.05) is 45.8 Å². The summed E-state index contributed by atoms with van der Waals surface area (Å²) >= 11 is 0. The van der Waals surface area contributed by atoms with E-state index < -0.39 is 5.97 Å². The molecule has 0 saturated carbocycles. The van der Waals surface area contributed by atoms with Gasteiger partial charge in [-0.1, -0.05) is 6.07 Å². The fraction of sp³-hybridized carbons (Fsp3) is 0.429. The Labute approximate surface area is 118 Å². The van der Waals surface area contributed by atoms with E-state index >= 15 is 0 Å². The van der Waals surface area contributed by atoms with Crippen molar-refractivity contribution in [2.24, 2.45) is 0 Å². The van der Waals surface area contributed by atoms with E-state index in [4.69, 9.17) is 9.84 Å². The zero-order chi connectivity index (χ0) is 15.1. The van der Waals surface area contributed by atoms with Gasteiger partial charge in [0.25, 0.3) is 5.91 Å². The Morgan fingerprint density at radius 3 is 2.55 bits per heavy atom. The predicted molar refractivity (Wildman–Crippen MR) is 76.2 cm³/mol. The summed E-state index contributed by atoms with van der Waals surface area (Å²) in [5.74, 6) is -1.36. The second kappa shape index (κ2) is 7.49. The molecule has 0 unspecified atom stereocenters. The first-order valence-electron chi connectivity index (χ1n) is 6.23. The van der Waals surface area contributed by atoms with Gasteiger partial charge in [0, 0.05) is 39.0 Å². The molecule has 1 aromatic rings. The van der Waals surface area contributed by atoms with Gasteiger partial charge < -0.3 is 19.6 Å². The van der Waals surface area contributed by atoms with Crippen LogP contribution >= 0.6 is 0 Å². The maximum absolute atomic E-state index is 12.3. The number of anilines is 1. The highest BCUT2D eigenvalue weighted by molar-refractivity contribution is 5.96. The van der Waals surface area contributed by atoms with Crippen molar-refractivity contribution in [1.82, 2.24) is 4.90 Å². The quantitative estimate of drug-likeness (QED) is 0.804. The monoisotopic (exact) mass is 280 g/mol. The van der Waals surface area contributed by atoms with E-state index in [0.717, 1.165) is 5.69 Å². The number of aliphatic carboxylic acids is 1. The SMILES string of the molecule is COCCN(CC(=O)O)C(=O)c1cccc(N(C)C)c1. The van der Waals surface area contributed by atoms with Crippen LogP contribution in [0.4, 0.5) is 5.69 Å². The molecule has 0 heterocycles. The summed E-state index contributed by atoms with van der Waals surface area (Å²) in [4.78, 5) is 26.3. The first-order valence-corrected chi connectivity index (χ1v) is 6.23. The van der Waals surface area contributed by atoms with Gasteiger partial charge in [-0.05, 0) is 18.2 Å². The Bertz CT molecular complexity index is 474. The van der Waals surface area contributed by atoms with Crippen LogP contribution < -0.4 is 4.90 Å². The molecule has 0 bridgehead atoms. The van der Waals surface area contributed by atoms with Crippen molar-refractivity contribution in [1.29, 1.82) is 0 Å². The number of hydrogen-bond acceptors (Lipinski definition) is 4. The molecule has 0 fully saturated rings. The molecule has 0 spiro atoms. The number of methoxy groups -OCH3 is 1. The summed E-state index contributed by atoms with van der Waals surface area (Å²) in [6.07, 6.45) is 0. The third-order valence-corrected chi connectivity index (χ3v) is 2.79. The molecule has 0 radical (unpaired) electrons. The lowest BCUT2D eigenvalue weighted by atomic mass is 10.1. The summed E-state index contributed by atoms with van der Waals surface area (Å²) in [7, 11) is 5.27. The van der Waals surface area contributed by atoms with Crippen molar-refractivity contribution in [3.8, 4) is 0 Å². The van der Waals surface area contributed by atoms with Gasteiger partial charge >= 0.3 is 5.97 Å². The summed E-state index contributed by atoms with van der Waals surface area (Å²) in [6, 6.07) is 7.08. The fourth-order valence-electron chi connectivity index (χ4n) is 1.72. The minimum atomic E-state index is -1.04. The molecule has 1 N–H and O–H groups in total. The molecular formula is C14H20N2O4. The smallest absolute Gasteiger partial charge is 0.323 e. The summed E-state index contributed by atoms with van der Waals surface area (Å²) in [5.41, 5.74) is 1.35. The van der Waals surface area contributed by atoms with Gasteiger partial charge in [-0.15, -0.1) is 0 Å². The molecule has 110 valence electrons. The van der Waals surface area contributed by atoms with Crippen LogP contribution in [-0.2, 0) is 9.53 Å². The van der Waals surface area contributed by atoms with Crippen LogP contribution in [0.25, 0.3) is 0 Å². The van der Waals surface area contributed by atoms with Crippen LogP contribution in [0.2, 0.25) is 0 Å². The zero-order valence-electron chi connectivity index (χ0n) is 12.0. The summed E-state index contributed by atoms with van der Waals surface area (Å²) < 4.78 is 4.91. The van der Waals surface area contributed by atoms with Gasteiger partial charge in [0.2, 0.25) is 0 Å². The molecule has 6 heteroatoms. The molecular weight excluding hydrogens is 260 g/mol. The predicted octanol–water partition coefficient (Wildman–Crippen LogP) is 0.926. The van der Waals surface area contributed by atoms with E-state index in [0.29, 0.717) is 12.2 Å². The molecule has 0 aliphatic heterocycles. The van der Waals surface area contributed by atoms with Crippen LogP contribution in [0.1, 0.15) is 10.4 Å². The minimum Gasteiger partial charge on any atom is -0.480 e. The Kier molecular flexibility index (Phi) is 5.99. The summed E-state index contributed by atoms with van der Waals surface area (Å²) in [6.45, 7) is 0.203. The third-order valence-electron chi connectivity index (χ3n) is 2.79. The molecule has 6 nitrogen and oxygen atoms in total. The Hall–Kier alpha value is -2.08. The van der Waals surface area contributed by atoms with E-state index in [2.05, 4.69) is 0 Å². The first-order chi connectivity index (χ1) is 9.45. The van der Waals surface area contributed by atoms with Gasteiger partial charge in [-0.2, -0.15) is 0 Å². The Morgan fingerprint density at radius 1 is 1.30 bits per heavy atom. The van der Waals surface area contributed by atoms with Gasteiger partial charge in [-0.3, -0.25) is 9.59 Å². The molecule has 1 rings (SSSR count). The highest BCUT2D eigenvalue weighted by atomic mass is 16.5. The van der Waals surface area contributed by atoms with Crippen LogP contribution in [0.5, 0.6) is 0 Å². The molecule has 0 aromatic heterocycles. The lowest BCUT2D eigenvalue weighted by Crippen LogP contribution is -2.38. The van der Waals surface area contributed by atoms with Crippen LogP contribution in [-0.4, -0.2) is 62.8 Å². The third kappa shape index (κ3) is 4.55. The van der Waals surface area contributed by atoms with Gasteiger partial charge in [0.05, 0.1) is 6.61 Å². The first kappa shape index (κ1) is 16.0. The van der Waals surface area contributed by atoms with Crippen LogP contribution in [0.3, 0.4) is 0 Å². The molecule has 0 aliphatic carbocycles. The maximum atomic E-state index is 12.3. The maximum Gasteiger partial charge on any atom is 0.323 e. The lowest BCUT2D eigenvalue weighted by Gasteiger charge is -2.21. The molecule has 1 aromatic carbocycles. The number of benzene rings is 1. The van der Waals surface area contributed by atoms with Crippen molar-refractivity contribution < 1.29 is 19.4 Å². The molecule has 0 atom stereocenters. The number of carbonyl (C=O) groups excluding carboxylic acids is 1. The van der Waals surface area contributed by atoms with E-state index in [1.165, 1.54) is 12.0 Å². The van der Waals surface area contributed by atoms with Crippen LogP contribution in [0.15, 0.2) is 24.3 Å². The Morgan fingerprint density at radius 2 is 2.00 bits per heavy atom. The summed E-state index contributed by atoms with van der Waals surface area (Å²) in [5, 5.41) is 8.88. The van der Waals surface area contributed by atoms with Crippen molar-refractivity contribution in [2.45, 2.75) is 0 Å². The average Bonchev–Trinajstić information content (AvgIpc) is 2.42. The van der Waals surface area contributed by atoms with E-state index in [1.54, 1.807) is 18.2 Å². The topological polar surface area (TPSA) is 70.1 Å². The van der Waals surface area contributed by atoms with Crippen molar-refractivity contribution >= 4 is 17.6 Å². The van der Waals surface area contributed by atoms with E-state index in [9.17, 15) is 9.59 Å². The average molecular weight is 280 g/mol. The number of hydrogen-bond donors (Lipinski definition) is 1. The molecule has 0 saturated heterocycles. The fourth-order valence-corrected chi connectivity index (χ4v) is 1.72. The van der Waals surface area contributed by atoms with Gasteiger partial charge in [0.1, 0.15) is 6.54 Å². The zero-order valence-corrected chi connectivity index (χ0v) is 12.0. The van der Waals surface area contributed by atoms with Gasteiger partial charge in [-0.25, -0.2) is 0 Å². The standard InChI is InChI=1S/C14H20N2O4/c1-15(2)12-6-4-5-11(9-12)14(19)16(7-8-20-3)10-13(17)18/h4-6,9H,7-8,10H2,1-3H3,(H,17,18). The lowest BCUT2D eigenvalue weighted by molar-refractivity contribution is -0.137. The highest BCUT2D eigenvalue weighted by Crippen LogP contribution is 2.15.